The average molecular weight is 613 g/mol. The molecule has 0 aliphatic carbocycles. The van der Waals surface area contributed by atoms with Crippen LogP contribution in [-0.2, 0) is 35.8 Å². The molecule has 4 aromatic heterocycles. The van der Waals surface area contributed by atoms with Crippen molar-refractivity contribution in [1.29, 1.82) is 0 Å². The third-order valence-corrected chi connectivity index (χ3v) is 7.21. The fourth-order valence-corrected chi connectivity index (χ4v) is 5.11. The molecule has 1 aromatic carbocycles. The predicted octanol–water partition coefficient (Wildman–Crippen LogP) is 6.52. The van der Waals surface area contributed by atoms with Gasteiger partial charge in [-0.3, -0.25) is 20.1 Å². The van der Waals surface area contributed by atoms with Gasteiger partial charge in [-0.1, -0.05) is 12.1 Å². The number of anilines is 1. The minimum atomic E-state index is -0.764. The van der Waals surface area contributed by atoms with Crippen LogP contribution in [0.2, 0.25) is 0 Å². The van der Waals surface area contributed by atoms with E-state index < -0.39 is 29.2 Å². The summed E-state index contributed by atoms with van der Waals surface area (Å²) in [5.41, 5.74) is 3.87. The summed E-state index contributed by atoms with van der Waals surface area (Å²) in [5.74, 6) is -1.78. The van der Waals surface area contributed by atoms with Crippen LogP contribution >= 0.6 is 0 Å². The van der Waals surface area contributed by atoms with Gasteiger partial charge in [0.15, 0.2) is 0 Å². The summed E-state index contributed by atoms with van der Waals surface area (Å²) in [4.78, 5) is 44.1. The van der Waals surface area contributed by atoms with Gasteiger partial charge in [0.05, 0.1) is 43.0 Å². The molecule has 0 bridgehead atoms. The summed E-state index contributed by atoms with van der Waals surface area (Å²) >= 11 is 0. The zero-order valence-corrected chi connectivity index (χ0v) is 24.9. The normalized spacial score (nSPS) is 12.6. The van der Waals surface area contributed by atoms with Gasteiger partial charge < -0.3 is 19.4 Å². The second-order valence-electron chi connectivity index (χ2n) is 11.6. The molecule has 2 N–H and O–H groups in total. The van der Waals surface area contributed by atoms with E-state index in [2.05, 4.69) is 25.3 Å². The highest BCUT2D eigenvalue weighted by Crippen LogP contribution is 2.33. The highest BCUT2D eigenvalue weighted by molar-refractivity contribution is 5.99. The number of carbonyl (C=O) groups excluding carboxylic acids is 2. The Morgan fingerprint density at radius 3 is 2.42 bits per heavy atom. The lowest BCUT2D eigenvalue weighted by molar-refractivity contribution is 0.0634. The third-order valence-electron chi connectivity index (χ3n) is 7.21. The zero-order valence-electron chi connectivity index (χ0n) is 24.9. The van der Waals surface area contributed by atoms with E-state index in [-0.39, 0.29) is 43.4 Å². The maximum Gasteiger partial charge on any atom is 0.413 e. The number of H-pyrrole nitrogens is 1. The number of aromatic nitrogens is 4. The first-order valence-corrected chi connectivity index (χ1v) is 14.3. The molecule has 12 heteroatoms. The lowest BCUT2D eigenvalue weighted by atomic mass is 10.1. The molecule has 0 radical (unpaired) electrons. The molecule has 2 amide bonds. The molecule has 45 heavy (non-hydrogen) atoms. The van der Waals surface area contributed by atoms with Crippen LogP contribution in [0.4, 0.5) is 19.4 Å². The van der Waals surface area contributed by atoms with E-state index in [9.17, 15) is 18.4 Å². The van der Waals surface area contributed by atoms with Crippen molar-refractivity contribution in [3.8, 4) is 11.1 Å². The second kappa shape index (κ2) is 12.0. The average Bonchev–Trinajstić information content (AvgIpc) is 3.66. The molecule has 0 spiro atoms. The molecular weight excluding hydrogens is 582 g/mol. The van der Waals surface area contributed by atoms with Crippen molar-refractivity contribution >= 4 is 28.9 Å². The zero-order chi connectivity index (χ0) is 31.7. The van der Waals surface area contributed by atoms with Crippen molar-refractivity contribution in [2.45, 2.75) is 52.7 Å². The Kier molecular flexibility index (Phi) is 7.98. The standard InChI is InChI=1S/C33H30F2N6O4/c1-33(2,3)45-32(43)40-30-24-18-44-17-23(24)29-27(39-30)13-28(38-29)31(42)41(16-22-25(34)5-4-6-26(22)35)15-21-8-7-20(14-37-21)19-9-11-36-12-10-19/h4-14,38H,15-18H2,1-3H3,(H,39,40,43). The highest BCUT2D eigenvalue weighted by atomic mass is 19.1. The largest absolute Gasteiger partial charge is 0.444 e. The van der Waals surface area contributed by atoms with Crippen LogP contribution in [0, 0.1) is 11.6 Å². The Morgan fingerprint density at radius 2 is 1.73 bits per heavy atom. The van der Waals surface area contributed by atoms with Crippen LogP contribution < -0.4 is 5.32 Å². The van der Waals surface area contributed by atoms with Crippen LogP contribution in [-0.4, -0.2) is 42.4 Å². The quantitative estimate of drug-likeness (QED) is 0.215. The van der Waals surface area contributed by atoms with E-state index in [1.54, 1.807) is 51.5 Å². The minimum absolute atomic E-state index is 0.0291. The molecule has 0 saturated heterocycles. The van der Waals surface area contributed by atoms with Gasteiger partial charge in [-0.25, -0.2) is 18.6 Å². The molecule has 0 saturated carbocycles. The predicted molar refractivity (Wildman–Crippen MR) is 162 cm³/mol. The molecule has 1 aliphatic rings. The van der Waals surface area contributed by atoms with Crippen molar-refractivity contribution in [2.24, 2.45) is 0 Å². The first-order chi connectivity index (χ1) is 21.6. The molecule has 0 atom stereocenters. The van der Waals surface area contributed by atoms with Crippen molar-refractivity contribution in [2.75, 3.05) is 5.32 Å². The van der Waals surface area contributed by atoms with Crippen LogP contribution in [0.1, 0.15) is 53.6 Å². The number of aromatic amines is 1. The SMILES string of the molecule is CC(C)(C)OC(=O)Nc1nc2cc(C(=O)N(Cc3ccc(-c4ccncc4)cn3)Cc3c(F)cccc3F)[nH]c2c2c1COC2. The first kappa shape index (κ1) is 29.8. The Bertz CT molecular complexity index is 1870. The van der Waals surface area contributed by atoms with E-state index in [4.69, 9.17) is 9.47 Å². The number of carbonyl (C=O) groups is 2. The van der Waals surface area contributed by atoms with Gasteiger partial charge in [-0.05, 0) is 62.7 Å². The van der Waals surface area contributed by atoms with Crippen molar-refractivity contribution < 1.29 is 27.8 Å². The van der Waals surface area contributed by atoms with E-state index in [0.29, 0.717) is 22.3 Å². The number of rotatable bonds is 7. The molecule has 5 aromatic rings. The monoisotopic (exact) mass is 612 g/mol. The number of nitrogens with one attached hydrogen (secondary N) is 2. The molecule has 0 fully saturated rings. The Labute approximate surface area is 257 Å². The molecule has 10 nitrogen and oxygen atoms in total. The maximum atomic E-state index is 14.7. The lowest BCUT2D eigenvalue weighted by Gasteiger charge is -2.22. The molecule has 5 heterocycles. The summed E-state index contributed by atoms with van der Waals surface area (Å²) in [6, 6.07) is 12.5. The molecule has 1 aliphatic heterocycles. The van der Waals surface area contributed by atoms with Gasteiger partial charge in [0.25, 0.3) is 5.91 Å². The maximum absolute atomic E-state index is 14.7. The highest BCUT2D eigenvalue weighted by Gasteiger charge is 2.28. The van der Waals surface area contributed by atoms with Gasteiger partial charge in [0.2, 0.25) is 0 Å². The number of ether oxygens (including phenoxy) is 2. The molecule has 230 valence electrons. The fourth-order valence-electron chi connectivity index (χ4n) is 5.11. The van der Waals surface area contributed by atoms with E-state index in [1.165, 1.54) is 11.0 Å². The van der Waals surface area contributed by atoms with E-state index in [1.807, 2.05) is 18.2 Å². The number of pyridine rings is 3. The van der Waals surface area contributed by atoms with Crippen molar-refractivity contribution in [3.63, 3.8) is 0 Å². The Morgan fingerprint density at radius 1 is 1.00 bits per heavy atom. The summed E-state index contributed by atoms with van der Waals surface area (Å²) in [7, 11) is 0. The number of hydrogen-bond acceptors (Lipinski definition) is 7. The van der Waals surface area contributed by atoms with Crippen LogP contribution in [0.15, 0.2) is 67.1 Å². The van der Waals surface area contributed by atoms with Crippen LogP contribution in [0.3, 0.4) is 0 Å². The minimum Gasteiger partial charge on any atom is -0.444 e. The van der Waals surface area contributed by atoms with Gasteiger partial charge in [-0.2, -0.15) is 0 Å². The van der Waals surface area contributed by atoms with E-state index >= 15 is 0 Å². The first-order valence-electron chi connectivity index (χ1n) is 14.3. The fraction of sp³-hybridized carbons (Fsp3) is 0.242. The summed E-state index contributed by atoms with van der Waals surface area (Å²) in [5, 5.41) is 2.69. The number of nitrogens with zero attached hydrogens (tertiary/aromatic N) is 4. The summed E-state index contributed by atoms with van der Waals surface area (Å²) < 4.78 is 40.5. The topological polar surface area (TPSA) is 122 Å². The van der Waals surface area contributed by atoms with Gasteiger partial charge >= 0.3 is 6.09 Å². The number of halogens is 2. The summed E-state index contributed by atoms with van der Waals surface area (Å²) in [6.45, 7) is 5.34. The Hall–Kier alpha value is -5.23. The van der Waals surface area contributed by atoms with Crippen molar-refractivity contribution in [3.05, 3.63) is 107 Å². The van der Waals surface area contributed by atoms with Gasteiger partial charge in [0, 0.05) is 40.8 Å². The van der Waals surface area contributed by atoms with Crippen LogP contribution in [0.5, 0.6) is 0 Å². The number of fused-ring (bicyclic) bond motifs is 3. The Balaban J connectivity index is 1.33. The third kappa shape index (κ3) is 6.50. The molecule has 0 unspecified atom stereocenters. The number of amides is 2. The second-order valence-corrected chi connectivity index (χ2v) is 11.6. The number of benzene rings is 1. The molecule has 6 rings (SSSR count). The summed E-state index contributed by atoms with van der Waals surface area (Å²) in [6.07, 6.45) is 4.36. The van der Waals surface area contributed by atoms with E-state index in [0.717, 1.165) is 28.8 Å². The lowest BCUT2D eigenvalue weighted by Crippen LogP contribution is -2.31. The van der Waals surface area contributed by atoms with Crippen LogP contribution in [0.25, 0.3) is 22.2 Å². The van der Waals surface area contributed by atoms with Gasteiger partial charge in [-0.15, -0.1) is 0 Å². The number of hydrogen-bond donors (Lipinski definition) is 2. The van der Waals surface area contributed by atoms with Gasteiger partial charge in [0.1, 0.15) is 28.7 Å². The van der Waals surface area contributed by atoms with Crippen molar-refractivity contribution in [1.82, 2.24) is 24.8 Å². The molecular formula is C33H30F2N6O4. The smallest absolute Gasteiger partial charge is 0.413 e.